The first-order valence-corrected chi connectivity index (χ1v) is 9.04. The van der Waals surface area contributed by atoms with Crippen LogP contribution in [0.2, 0.25) is 0 Å². The van der Waals surface area contributed by atoms with Gasteiger partial charge in [0.25, 0.3) is 5.91 Å². The van der Waals surface area contributed by atoms with Gasteiger partial charge >= 0.3 is 5.00 Å². The molecule has 130 valence electrons. The molecule has 1 aliphatic heterocycles. The molecule has 7 heteroatoms. The molecule has 3 rings (SSSR count). The van der Waals surface area contributed by atoms with Gasteiger partial charge in [0, 0.05) is 6.07 Å². The zero-order chi connectivity index (χ0) is 17.6. The third-order valence-corrected chi connectivity index (χ3v) is 5.28. The van der Waals surface area contributed by atoms with Gasteiger partial charge in [-0.2, -0.15) is 0 Å². The number of hydrogen-bond acceptors (Lipinski definition) is 4. The Hall–Kier alpha value is -2.51. The Kier molecular flexibility index (Phi) is 5.57. The molecule has 0 bridgehead atoms. The maximum absolute atomic E-state index is 12.4. The van der Waals surface area contributed by atoms with Gasteiger partial charge in [0.15, 0.2) is 0 Å². The normalized spacial score (nSPS) is 15.6. The lowest BCUT2D eigenvalue weighted by Gasteiger charge is -2.31. The van der Waals surface area contributed by atoms with E-state index < -0.39 is 4.92 Å². The van der Waals surface area contributed by atoms with E-state index in [2.05, 4.69) is 24.3 Å². The second kappa shape index (κ2) is 8.04. The minimum atomic E-state index is -0.456. The van der Waals surface area contributed by atoms with Crippen LogP contribution >= 0.6 is 11.3 Å². The average Bonchev–Trinajstić information content (AvgIpc) is 3.13. The first kappa shape index (κ1) is 17.3. The number of quaternary nitrogens is 1. The number of carbonyl (C=O) groups is 1. The third-order valence-electron chi connectivity index (χ3n) is 4.26. The first-order valence-electron chi connectivity index (χ1n) is 8.22. The molecule has 6 nitrogen and oxygen atoms in total. The summed E-state index contributed by atoms with van der Waals surface area (Å²) in [4.78, 5) is 26.4. The van der Waals surface area contributed by atoms with Crippen LogP contribution in [0.4, 0.5) is 5.00 Å². The highest BCUT2D eigenvalue weighted by atomic mass is 32.1. The van der Waals surface area contributed by atoms with Gasteiger partial charge in [-0.3, -0.25) is 14.9 Å². The minimum absolute atomic E-state index is 0.0126. The van der Waals surface area contributed by atoms with E-state index in [-0.39, 0.29) is 10.9 Å². The fourth-order valence-corrected chi connectivity index (χ4v) is 3.64. The van der Waals surface area contributed by atoms with E-state index in [1.807, 2.05) is 18.2 Å². The zero-order valence-electron chi connectivity index (χ0n) is 13.8. The second-order valence-electron chi connectivity index (χ2n) is 5.95. The number of amides is 1. The summed E-state index contributed by atoms with van der Waals surface area (Å²) in [6.45, 7) is 4.07. The Morgan fingerprint density at radius 2 is 1.92 bits per heavy atom. The molecule has 0 saturated carbocycles. The SMILES string of the molecule is O=C(c1ccc([N+](=O)[O-])s1)N1CC[NH+](C/C=C/c2ccccc2)CC1. The summed E-state index contributed by atoms with van der Waals surface area (Å²) in [6, 6.07) is 13.1. The summed E-state index contributed by atoms with van der Waals surface area (Å²) < 4.78 is 0. The minimum Gasteiger partial charge on any atom is -0.329 e. The number of hydrogen-bond donors (Lipinski definition) is 1. The van der Waals surface area contributed by atoms with Gasteiger partial charge in [0.2, 0.25) is 0 Å². The fourth-order valence-electron chi connectivity index (χ4n) is 2.85. The van der Waals surface area contributed by atoms with Crippen molar-refractivity contribution in [2.24, 2.45) is 0 Å². The van der Waals surface area contributed by atoms with Gasteiger partial charge in [0.1, 0.15) is 0 Å². The number of carbonyl (C=O) groups excluding carboxylic acids is 1. The van der Waals surface area contributed by atoms with Gasteiger partial charge in [-0.25, -0.2) is 0 Å². The highest BCUT2D eigenvalue weighted by Crippen LogP contribution is 2.25. The summed E-state index contributed by atoms with van der Waals surface area (Å²) >= 11 is 0.947. The summed E-state index contributed by atoms with van der Waals surface area (Å²) in [6.07, 6.45) is 4.29. The Balaban J connectivity index is 1.48. The maximum Gasteiger partial charge on any atom is 0.324 e. The molecule has 1 aromatic heterocycles. The molecule has 2 heterocycles. The van der Waals surface area contributed by atoms with Crippen LogP contribution in [0.15, 0.2) is 48.5 Å². The Morgan fingerprint density at radius 1 is 1.20 bits per heavy atom. The highest BCUT2D eigenvalue weighted by molar-refractivity contribution is 7.17. The monoisotopic (exact) mass is 358 g/mol. The lowest BCUT2D eigenvalue weighted by molar-refractivity contribution is -0.898. The van der Waals surface area contributed by atoms with E-state index >= 15 is 0 Å². The van der Waals surface area contributed by atoms with Crippen LogP contribution in [0, 0.1) is 10.1 Å². The van der Waals surface area contributed by atoms with Crippen molar-refractivity contribution in [2.75, 3.05) is 32.7 Å². The number of benzene rings is 1. The van der Waals surface area contributed by atoms with Crippen molar-refractivity contribution < 1.29 is 14.6 Å². The quantitative estimate of drug-likeness (QED) is 0.654. The second-order valence-corrected chi connectivity index (χ2v) is 7.02. The van der Waals surface area contributed by atoms with Crippen molar-refractivity contribution in [1.82, 2.24) is 4.90 Å². The van der Waals surface area contributed by atoms with E-state index in [9.17, 15) is 14.9 Å². The third kappa shape index (κ3) is 4.52. The molecular weight excluding hydrogens is 338 g/mol. The van der Waals surface area contributed by atoms with Gasteiger partial charge in [-0.05, 0) is 17.7 Å². The molecule has 1 aliphatic rings. The maximum atomic E-state index is 12.4. The molecule has 0 aliphatic carbocycles. The molecule has 1 N–H and O–H groups in total. The molecule has 1 saturated heterocycles. The van der Waals surface area contributed by atoms with Crippen molar-refractivity contribution in [1.29, 1.82) is 0 Å². The summed E-state index contributed by atoms with van der Waals surface area (Å²) in [7, 11) is 0. The van der Waals surface area contributed by atoms with Crippen molar-refractivity contribution in [3.63, 3.8) is 0 Å². The predicted molar refractivity (Wildman–Crippen MR) is 97.9 cm³/mol. The standard InChI is InChI=1S/C18H19N3O3S/c22-18(16-8-9-17(25-16)21(23)24)20-13-11-19(12-14-20)10-4-7-15-5-2-1-3-6-15/h1-9H,10-14H2/p+1/b7-4+. The summed E-state index contributed by atoms with van der Waals surface area (Å²) in [5, 5.41) is 10.8. The van der Waals surface area contributed by atoms with Crippen LogP contribution in [0.5, 0.6) is 0 Å². The first-order chi connectivity index (χ1) is 12.1. The van der Waals surface area contributed by atoms with Crippen LogP contribution < -0.4 is 4.90 Å². The average molecular weight is 358 g/mol. The van der Waals surface area contributed by atoms with Crippen molar-refractivity contribution >= 4 is 28.3 Å². The predicted octanol–water partition coefficient (Wildman–Crippen LogP) is 1.71. The van der Waals surface area contributed by atoms with Crippen LogP contribution in [0.3, 0.4) is 0 Å². The molecule has 1 fully saturated rings. The molecule has 1 amide bonds. The molecule has 1 aromatic carbocycles. The van der Waals surface area contributed by atoms with E-state index in [0.717, 1.165) is 31.0 Å². The molecule has 0 atom stereocenters. The molecule has 2 aromatic rings. The van der Waals surface area contributed by atoms with E-state index in [1.165, 1.54) is 16.5 Å². The molecule has 0 unspecified atom stereocenters. The van der Waals surface area contributed by atoms with Gasteiger partial charge < -0.3 is 9.80 Å². The van der Waals surface area contributed by atoms with E-state index in [4.69, 9.17) is 0 Å². The van der Waals surface area contributed by atoms with Gasteiger partial charge in [0.05, 0.1) is 42.5 Å². The van der Waals surface area contributed by atoms with Crippen LogP contribution in [-0.2, 0) is 0 Å². The lowest BCUT2D eigenvalue weighted by Crippen LogP contribution is -3.14. The van der Waals surface area contributed by atoms with Crippen molar-refractivity contribution in [2.45, 2.75) is 0 Å². The number of rotatable bonds is 5. The number of nitrogens with zero attached hydrogens (tertiary/aromatic N) is 2. The van der Waals surface area contributed by atoms with Crippen molar-refractivity contribution in [3.8, 4) is 0 Å². The van der Waals surface area contributed by atoms with E-state index in [1.54, 1.807) is 11.0 Å². The Labute approximate surface area is 150 Å². The molecule has 0 spiro atoms. The van der Waals surface area contributed by atoms with Gasteiger partial charge in [-0.15, -0.1) is 0 Å². The molecule has 0 radical (unpaired) electrons. The Morgan fingerprint density at radius 3 is 2.56 bits per heavy atom. The number of nitrogens with one attached hydrogen (secondary N) is 1. The smallest absolute Gasteiger partial charge is 0.324 e. The van der Waals surface area contributed by atoms with Gasteiger partial charge in [-0.1, -0.05) is 47.7 Å². The number of nitro groups is 1. The van der Waals surface area contributed by atoms with E-state index in [0.29, 0.717) is 18.0 Å². The summed E-state index contributed by atoms with van der Waals surface area (Å²) in [5.74, 6) is -0.100. The number of piperazine rings is 1. The lowest BCUT2D eigenvalue weighted by atomic mass is 10.2. The molecule has 25 heavy (non-hydrogen) atoms. The highest BCUT2D eigenvalue weighted by Gasteiger charge is 2.26. The zero-order valence-corrected chi connectivity index (χ0v) is 14.6. The Bertz CT molecular complexity index is 765. The van der Waals surface area contributed by atoms with Crippen LogP contribution in [0.25, 0.3) is 6.08 Å². The number of thiophene rings is 1. The van der Waals surface area contributed by atoms with Crippen LogP contribution in [-0.4, -0.2) is 48.5 Å². The van der Waals surface area contributed by atoms with Crippen molar-refractivity contribution in [3.05, 3.63) is 69.1 Å². The fraction of sp³-hybridized carbons (Fsp3) is 0.278. The van der Waals surface area contributed by atoms with Crippen LogP contribution in [0.1, 0.15) is 15.2 Å². The summed E-state index contributed by atoms with van der Waals surface area (Å²) in [5.41, 5.74) is 1.19. The largest absolute Gasteiger partial charge is 0.329 e. The topological polar surface area (TPSA) is 67.9 Å². The molecular formula is C18H20N3O3S+.